The van der Waals surface area contributed by atoms with E-state index in [9.17, 15) is 19.1 Å². The van der Waals surface area contributed by atoms with Crippen molar-refractivity contribution in [2.45, 2.75) is 45.4 Å². The van der Waals surface area contributed by atoms with Crippen molar-refractivity contribution < 1.29 is 19.1 Å². The average molecular weight is 333 g/mol. The Morgan fingerprint density at radius 2 is 2.04 bits per heavy atom. The van der Waals surface area contributed by atoms with E-state index >= 15 is 0 Å². The van der Waals surface area contributed by atoms with Gasteiger partial charge in [-0.25, -0.2) is 4.39 Å². The zero-order valence-corrected chi connectivity index (χ0v) is 14.2. The second-order valence-electron chi connectivity index (χ2n) is 7.58. The summed E-state index contributed by atoms with van der Waals surface area (Å²) in [4.78, 5) is 26.3. The number of aryl methyl sites for hydroxylation is 1. The summed E-state index contributed by atoms with van der Waals surface area (Å²) in [6.45, 7) is 4.65. The number of likely N-dealkylation sites (tertiary alicyclic amines) is 1. The van der Waals surface area contributed by atoms with Crippen LogP contribution in [0.5, 0.6) is 0 Å². The highest BCUT2D eigenvalue weighted by Crippen LogP contribution is 2.38. The van der Waals surface area contributed by atoms with Gasteiger partial charge in [-0.15, -0.1) is 0 Å². The molecule has 24 heavy (non-hydrogen) atoms. The first-order chi connectivity index (χ1) is 11.3. The molecule has 0 spiro atoms. The summed E-state index contributed by atoms with van der Waals surface area (Å²) < 4.78 is 13.4. The maximum Gasteiger partial charge on any atom is 0.309 e. The number of rotatable bonds is 3. The van der Waals surface area contributed by atoms with E-state index in [4.69, 9.17) is 0 Å². The highest BCUT2D eigenvalue weighted by atomic mass is 19.1. The van der Waals surface area contributed by atoms with Crippen LogP contribution in [0.15, 0.2) is 18.2 Å². The molecular weight excluding hydrogens is 309 g/mol. The number of carbonyl (C=O) groups excluding carboxylic acids is 1. The molecule has 1 saturated heterocycles. The summed E-state index contributed by atoms with van der Waals surface area (Å²) in [6.07, 6.45) is 3.09. The molecule has 1 fully saturated rings. The number of hydrogen-bond acceptors (Lipinski definition) is 2. The van der Waals surface area contributed by atoms with Crippen LogP contribution in [-0.2, 0) is 16.0 Å². The number of piperidine rings is 1. The predicted molar refractivity (Wildman–Crippen MR) is 88.2 cm³/mol. The zero-order chi connectivity index (χ0) is 17.5. The van der Waals surface area contributed by atoms with Gasteiger partial charge in [0, 0.05) is 13.1 Å². The SMILES string of the molecule is CC(C)(C(=O)O)C1CCCN(C(=O)C2CCc3cc(F)ccc32)C1. The van der Waals surface area contributed by atoms with Gasteiger partial charge in [0.25, 0.3) is 0 Å². The van der Waals surface area contributed by atoms with Crippen LogP contribution in [0.4, 0.5) is 4.39 Å². The van der Waals surface area contributed by atoms with Crippen molar-refractivity contribution in [2.75, 3.05) is 13.1 Å². The molecule has 0 radical (unpaired) electrons. The second kappa shape index (κ2) is 6.19. The van der Waals surface area contributed by atoms with Crippen molar-refractivity contribution in [1.82, 2.24) is 4.90 Å². The Balaban J connectivity index is 1.76. The van der Waals surface area contributed by atoms with E-state index < -0.39 is 11.4 Å². The van der Waals surface area contributed by atoms with Gasteiger partial charge < -0.3 is 10.0 Å². The molecule has 1 aliphatic carbocycles. The minimum atomic E-state index is -0.838. The maximum atomic E-state index is 13.4. The van der Waals surface area contributed by atoms with Gasteiger partial charge in [-0.1, -0.05) is 6.07 Å². The van der Waals surface area contributed by atoms with Gasteiger partial charge in [0.2, 0.25) is 5.91 Å². The molecule has 0 saturated carbocycles. The molecule has 5 heteroatoms. The molecule has 0 bridgehead atoms. The lowest BCUT2D eigenvalue weighted by Gasteiger charge is -2.40. The van der Waals surface area contributed by atoms with Gasteiger partial charge in [-0.3, -0.25) is 9.59 Å². The molecule has 2 aliphatic rings. The number of carbonyl (C=O) groups is 2. The van der Waals surface area contributed by atoms with Crippen molar-refractivity contribution in [3.63, 3.8) is 0 Å². The molecule has 1 aromatic rings. The van der Waals surface area contributed by atoms with Gasteiger partial charge >= 0.3 is 5.97 Å². The Morgan fingerprint density at radius 3 is 2.75 bits per heavy atom. The first-order valence-electron chi connectivity index (χ1n) is 8.61. The van der Waals surface area contributed by atoms with Crippen molar-refractivity contribution in [1.29, 1.82) is 0 Å². The molecule has 2 atom stereocenters. The van der Waals surface area contributed by atoms with E-state index in [1.165, 1.54) is 12.1 Å². The smallest absolute Gasteiger partial charge is 0.309 e. The van der Waals surface area contributed by atoms with Crippen LogP contribution < -0.4 is 0 Å². The van der Waals surface area contributed by atoms with Crippen molar-refractivity contribution in [2.24, 2.45) is 11.3 Å². The third-order valence-electron chi connectivity index (χ3n) is 5.79. The Kier molecular flexibility index (Phi) is 4.37. The number of nitrogens with zero attached hydrogens (tertiary/aromatic N) is 1. The summed E-state index contributed by atoms with van der Waals surface area (Å²) in [5, 5.41) is 9.45. The number of benzene rings is 1. The van der Waals surface area contributed by atoms with Gasteiger partial charge in [-0.05, 0) is 68.7 Å². The van der Waals surface area contributed by atoms with Crippen LogP contribution in [-0.4, -0.2) is 35.0 Å². The van der Waals surface area contributed by atoms with Crippen molar-refractivity contribution in [3.8, 4) is 0 Å². The van der Waals surface area contributed by atoms with E-state index in [0.29, 0.717) is 19.5 Å². The van der Waals surface area contributed by atoms with E-state index in [1.807, 2.05) is 4.90 Å². The van der Waals surface area contributed by atoms with E-state index in [-0.39, 0.29) is 23.6 Å². The Morgan fingerprint density at radius 1 is 1.29 bits per heavy atom. The quantitative estimate of drug-likeness (QED) is 0.924. The van der Waals surface area contributed by atoms with Crippen LogP contribution in [0, 0.1) is 17.2 Å². The van der Waals surface area contributed by atoms with Crippen molar-refractivity contribution in [3.05, 3.63) is 35.1 Å². The highest BCUT2D eigenvalue weighted by Gasteiger charge is 2.41. The van der Waals surface area contributed by atoms with Crippen LogP contribution in [0.2, 0.25) is 0 Å². The summed E-state index contributed by atoms with van der Waals surface area (Å²) >= 11 is 0. The molecule has 4 nitrogen and oxygen atoms in total. The lowest BCUT2D eigenvalue weighted by Crippen LogP contribution is -2.48. The van der Waals surface area contributed by atoms with Crippen LogP contribution in [0.1, 0.15) is 50.2 Å². The molecule has 3 rings (SSSR count). The average Bonchev–Trinajstić information content (AvgIpc) is 2.97. The highest BCUT2D eigenvalue weighted by molar-refractivity contribution is 5.85. The largest absolute Gasteiger partial charge is 0.481 e. The predicted octanol–water partition coefficient (Wildman–Crippen LogP) is 3.20. The fourth-order valence-corrected chi connectivity index (χ4v) is 4.00. The topological polar surface area (TPSA) is 57.6 Å². The summed E-state index contributed by atoms with van der Waals surface area (Å²) in [6, 6.07) is 4.66. The molecule has 1 aliphatic heterocycles. The van der Waals surface area contributed by atoms with Gasteiger partial charge in [0.05, 0.1) is 11.3 Å². The Hall–Kier alpha value is -1.91. The number of carboxylic acids is 1. The number of amides is 1. The molecule has 130 valence electrons. The molecule has 1 heterocycles. The number of fused-ring (bicyclic) bond motifs is 1. The zero-order valence-electron chi connectivity index (χ0n) is 14.2. The molecule has 1 N–H and O–H groups in total. The maximum absolute atomic E-state index is 13.4. The van der Waals surface area contributed by atoms with E-state index in [1.54, 1.807) is 19.9 Å². The second-order valence-corrected chi connectivity index (χ2v) is 7.58. The molecular formula is C19H24FNO3. The van der Waals surface area contributed by atoms with Gasteiger partial charge in [0.1, 0.15) is 5.82 Å². The third kappa shape index (κ3) is 2.92. The number of halogens is 1. The normalized spacial score (nSPS) is 23.9. The van der Waals surface area contributed by atoms with E-state index in [2.05, 4.69) is 0 Å². The van der Waals surface area contributed by atoms with E-state index in [0.717, 1.165) is 30.4 Å². The molecule has 0 aromatic heterocycles. The summed E-state index contributed by atoms with van der Waals surface area (Å²) in [5.41, 5.74) is 1.02. The van der Waals surface area contributed by atoms with Gasteiger partial charge in [0.15, 0.2) is 0 Å². The third-order valence-corrected chi connectivity index (χ3v) is 5.79. The summed E-state index contributed by atoms with van der Waals surface area (Å²) in [7, 11) is 0. The summed E-state index contributed by atoms with van der Waals surface area (Å²) in [5.74, 6) is -1.27. The Labute approximate surface area is 141 Å². The van der Waals surface area contributed by atoms with Crippen LogP contribution >= 0.6 is 0 Å². The fraction of sp³-hybridized carbons (Fsp3) is 0.579. The lowest BCUT2D eigenvalue weighted by atomic mass is 9.74. The number of carboxylic acid groups (broad SMARTS) is 1. The monoisotopic (exact) mass is 333 g/mol. The van der Waals surface area contributed by atoms with Gasteiger partial charge in [-0.2, -0.15) is 0 Å². The first-order valence-corrected chi connectivity index (χ1v) is 8.61. The minimum absolute atomic E-state index is 0.0400. The molecule has 1 aromatic carbocycles. The molecule has 2 unspecified atom stereocenters. The van der Waals surface area contributed by atoms with Crippen LogP contribution in [0.3, 0.4) is 0 Å². The van der Waals surface area contributed by atoms with Crippen LogP contribution in [0.25, 0.3) is 0 Å². The molecule has 1 amide bonds. The van der Waals surface area contributed by atoms with Crippen molar-refractivity contribution >= 4 is 11.9 Å². The minimum Gasteiger partial charge on any atom is -0.481 e. The lowest BCUT2D eigenvalue weighted by molar-refractivity contribution is -0.153. The first kappa shape index (κ1) is 16.9. The standard InChI is InChI=1S/C19H24FNO3/c1-19(2,18(23)24)13-4-3-9-21(11-13)17(22)16-7-5-12-10-14(20)6-8-15(12)16/h6,8,10,13,16H,3-5,7,9,11H2,1-2H3,(H,23,24). The number of aliphatic carboxylic acids is 1. The number of hydrogen-bond donors (Lipinski definition) is 1. The Bertz CT molecular complexity index is 671. The fourth-order valence-electron chi connectivity index (χ4n) is 4.00.